The zero-order valence-electron chi connectivity index (χ0n) is 15.7. The highest BCUT2D eigenvalue weighted by Gasteiger charge is 2.28. The second kappa shape index (κ2) is 7.75. The van der Waals surface area contributed by atoms with E-state index in [1.807, 2.05) is 0 Å². The summed E-state index contributed by atoms with van der Waals surface area (Å²) in [4.78, 5) is 27.9. The molecule has 2 aliphatic heterocycles. The summed E-state index contributed by atoms with van der Waals surface area (Å²) < 4.78 is 30.3. The lowest BCUT2D eigenvalue weighted by Crippen LogP contribution is -2.50. The number of carbonyl (C=O) groups excluding carboxylic acids is 2. The van der Waals surface area contributed by atoms with Gasteiger partial charge in [-0.1, -0.05) is 0 Å². The molecule has 2 heterocycles. The van der Waals surface area contributed by atoms with Crippen LogP contribution in [0.1, 0.15) is 29.3 Å². The maximum Gasteiger partial charge on any atom is 0.409 e. The second-order valence-corrected chi connectivity index (χ2v) is 8.67. The Morgan fingerprint density at radius 2 is 1.74 bits per heavy atom. The molecule has 0 N–H and O–H groups in total. The molecule has 0 aliphatic carbocycles. The van der Waals surface area contributed by atoms with E-state index in [1.165, 1.54) is 10.6 Å². The third-order valence-corrected chi connectivity index (χ3v) is 6.08. The van der Waals surface area contributed by atoms with Crippen LogP contribution >= 0.6 is 0 Å². The van der Waals surface area contributed by atoms with Crippen LogP contribution in [0, 0.1) is 0 Å². The highest BCUT2D eigenvalue weighted by atomic mass is 32.2. The molecule has 8 nitrogen and oxygen atoms in total. The Hall–Kier alpha value is -2.29. The Morgan fingerprint density at radius 1 is 1.07 bits per heavy atom. The van der Waals surface area contributed by atoms with Crippen LogP contribution in [0.15, 0.2) is 18.2 Å². The molecule has 0 unspecified atom stereocenters. The second-order valence-electron chi connectivity index (χ2n) is 6.76. The fourth-order valence-corrected chi connectivity index (χ4v) is 4.53. The standard InChI is InChI=1S/C18H25N3O5S/c1-3-26-18(23)20-11-9-19(10-12-20)17(22)15-6-7-16-14(13-15)5-4-8-21(16)27(2,24)25/h6-7,13H,3-5,8-12H2,1-2H3. The van der Waals surface area contributed by atoms with Crippen LogP contribution in [-0.4, -0.2) is 75.8 Å². The molecule has 2 aliphatic rings. The van der Waals surface area contributed by atoms with Crippen molar-refractivity contribution in [2.45, 2.75) is 19.8 Å². The minimum atomic E-state index is -3.32. The van der Waals surface area contributed by atoms with Crippen molar-refractivity contribution in [1.29, 1.82) is 0 Å². The Balaban J connectivity index is 1.71. The van der Waals surface area contributed by atoms with Crippen LogP contribution in [-0.2, 0) is 21.2 Å². The number of rotatable bonds is 3. The lowest BCUT2D eigenvalue weighted by atomic mass is 10.00. The molecule has 1 aromatic rings. The summed E-state index contributed by atoms with van der Waals surface area (Å²) in [6.07, 6.45) is 2.33. The molecule has 1 aromatic carbocycles. The van der Waals surface area contributed by atoms with Gasteiger partial charge in [0.15, 0.2) is 0 Å². The molecule has 0 aromatic heterocycles. The lowest BCUT2D eigenvalue weighted by Gasteiger charge is -2.34. The highest BCUT2D eigenvalue weighted by Crippen LogP contribution is 2.30. The molecule has 1 saturated heterocycles. The Bertz CT molecular complexity index is 831. The van der Waals surface area contributed by atoms with Crippen molar-refractivity contribution in [3.8, 4) is 0 Å². The third kappa shape index (κ3) is 4.18. The SMILES string of the molecule is CCOC(=O)N1CCN(C(=O)c2ccc3c(c2)CCCN3S(C)(=O)=O)CC1. The minimum Gasteiger partial charge on any atom is -0.450 e. The predicted molar refractivity (Wildman–Crippen MR) is 101 cm³/mol. The normalized spacial score (nSPS) is 17.5. The van der Waals surface area contributed by atoms with Crippen molar-refractivity contribution < 1.29 is 22.7 Å². The average molecular weight is 395 g/mol. The highest BCUT2D eigenvalue weighted by molar-refractivity contribution is 7.92. The molecular weight excluding hydrogens is 370 g/mol. The molecule has 0 spiro atoms. The van der Waals surface area contributed by atoms with E-state index in [-0.39, 0.29) is 12.0 Å². The van der Waals surface area contributed by atoms with Crippen molar-refractivity contribution >= 4 is 27.7 Å². The molecule has 27 heavy (non-hydrogen) atoms. The Labute approximate surface area is 159 Å². The van der Waals surface area contributed by atoms with Gasteiger partial charge in [-0.25, -0.2) is 13.2 Å². The van der Waals surface area contributed by atoms with Crippen molar-refractivity contribution in [3.63, 3.8) is 0 Å². The molecule has 3 rings (SSSR count). The first-order valence-electron chi connectivity index (χ1n) is 9.13. The maximum atomic E-state index is 12.8. The summed E-state index contributed by atoms with van der Waals surface area (Å²) in [5.41, 5.74) is 2.09. The fraction of sp³-hybridized carbons (Fsp3) is 0.556. The van der Waals surface area contributed by atoms with Crippen molar-refractivity contribution in [2.75, 3.05) is 49.9 Å². The van der Waals surface area contributed by atoms with Gasteiger partial charge < -0.3 is 14.5 Å². The smallest absolute Gasteiger partial charge is 0.409 e. The maximum absolute atomic E-state index is 12.8. The zero-order chi connectivity index (χ0) is 19.6. The van der Waals surface area contributed by atoms with Crippen LogP contribution < -0.4 is 4.31 Å². The van der Waals surface area contributed by atoms with Gasteiger partial charge in [0.2, 0.25) is 10.0 Å². The molecule has 148 valence electrons. The van der Waals surface area contributed by atoms with Crippen molar-refractivity contribution in [1.82, 2.24) is 9.80 Å². The van der Waals surface area contributed by atoms with Gasteiger partial charge in [-0.15, -0.1) is 0 Å². The van der Waals surface area contributed by atoms with Crippen LogP contribution in [0.25, 0.3) is 0 Å². The van der Waals surface area contributed by atoms with Gasteiger partial charge >= 0.3 is 6.09 Å². The number of nitrogens with zero attached hydrogens (tertiary/aromatic N) is 3. The first-order chi connectivity index (χ1) is 12.8. The molecule has 1 fully saturated rings. The molecule has 9 heteroatoms. The van der Waals surface area contributed by atoms with E-state index in [1.54, 1.807) is 34.9 Å². The molecule has 0 atom stereocenters. The molecule has 0 saturated carbocycles. The quantitative estimate of drug-likeness (QED) is 0.770. The number of sulfonamides is 1. The number of anilines is 1. The van der Waals surface area contributed by atoms with Crippen molar-refractivity contribution in [3.05, 3.63) is 29.3 Å². The van der Waals surface area contributed by atoms with E-state index >= 15 is 0 Å². The van der Waals surface area contributed by atoms with Crippen LogP contribution in [0.4, 0.5) is 10.5 Å². The minimum absolute atomic E-state index is 0.0993. The molecule has 0 bridgehead atoms. The first-order valence-corrected chi connectivity index (χ1v) is 11.0. The monoisotopic (exact) mass is 395 g/mol. The summed E-state index contributed by atoms with van der Waals surface area (Å²) in [5, 5.41) is 0. The first kappa shape index (κ1) is 19.5. The average Bonchev–Trinajstić information content (AvgIpc) is 2.66. The van der Waals surface area contributed by atoms with Crippen LogP contribution in [0.5, 0.6) is 0 Å². The number of benzene rings is 1. The number of hydrogen-bond acceptors (Lipinski definition) is 5. The van der Waals surface area contributed by atoms with E-state index in [9.17, 15) is 18.0 Å². The van der Waals surface area contributed by atoms with E-state index in [0.717, 1.165) is 18.4 Å². The molecule has 2 amide bonds. The molecule has 0 radical (unpaired) electrons. The fourth-order valence-electron chi connectivity index (χ4n) is 3.53. The molecular formula is C18H25N3O5S. The van der Waals surface area contributed by atoms with Crippen LogP contribution in [0.3, 0.4) is 0 Å². The number of piperazine rings is 1. The third-order valence-electron chi connectivity index (χ3n) is 4.90. The van der Waals surface area contributed by atoms with Gasteiger partial charge in [0, 0.05) is 38.3 Å². The van der Waals surface area contributed by atoms with Crippen LogP contribution in [0.2, 0.25) is 0 Å². The number of fused-ring (bicyclic) bond motifs is 1. The summed E-state index contributed by atoms with van der Waals surface area (Å²) in [6.45, 7) is 4.34. The van der Waals surface area contributed by atoms with Gasteiger partial charge in [0.1, 0.15) is 0 Å². The van der Waals surface area contributed by atoms with Gasteiger partial charge in [0.25, 0.3) is 5.91 Å². The summed E-state index contributed by atoms with van der Waals surface area (Å²) in [5.74, 6) is -0.0993. The Kier molecular flexibility index (Phi) is 5.59. The zero-order valence-corrected chi connectivity index (χ0v) is 16.5. The summed E-state index contributed by atoms with van der Waals surface area (Å²) in [6, 6.07) is 5.20. The van der Waals surface area contributed by atoms with E-state index in [4.69, 9.17) is 4.74 Å². The number of amides is 2. The largest absolute Gasteiger partial charge is 0.450 e. The number of ether oxygens (including phenoxy) is 1. The van der Waals surface area contributed by atoms with Gasteiger partial charge in [0.05, 0.1) is 18.6 Å². The summed E-state index contributed by atoms with van der Waals surface area (Å²) >= 11 is 0. The van der Waals surface area contributed by atoms with Gasteiger partial charge in [-0.3, -0.25) is 9.10 Å². The number of aryl methyl sites for hydroxylation is 1. The van der Waals surface area contributed by atoms with E-state index in [0.29, 0.717) is 50.6 Å². The number of hydrogen-bond donors (Lipinski definition) is 0. The number of carbonyl (C=O) groups is 2. The predicted octanol–water partition coefficient (Wildman–Crippen LogP) is 1.31. The topological polar surface area (TPSA) is 87.2 Å². The lowest BCUT2D eigenvalue weighted by molar-refractivity contribution is 0.0570. The van der Waals surface area contributed by atoms with E-state index < -0.39 is 10.0 Å². The van der Waals surface area contributed by atoms with Gasteiger partial charge in [-0.2, -0.15) is 0 Å². The summed E-state index contributed by atoms with van der Waals surface area (Å²) in [7, 11) is -3.32. The van der Waals surface area contributed by atoms with E-state index in [2.05, 4.69) is 0 Å². The van der Waals surface area contributed by atoms with Gasteiger partial charge in [-0.05, 0) is 43.5 Å². The Morgan fingerprint density at radius 3 is 2.37 bits per heavy atom. The van der Waals surface area contributed by atoms with Crippen molar-refractivity contribution in [2.24, 2.45) is 0 Å².